The predicted molar refractivity (Wildman–Crippen MR) is 98.7 cm³/mol. The van der Waals surface area contributed by atoms with Crippen molar-refractivity contribution >= 4 is 34.0 Å². The molecule has 2 aromatic carbocycles. The number of thioether (sulfide) groups is 1. The van der Waals surface area contributed by atoms with Crippen LogP contribution in [-0.2, 0) is 9.63 Å². The zero-order chi connectivity index (χ0) is 16.4. The minimum absolute atomic E-state index is 0.150. The lowest BCUT2D eigenvalue weighted by Gasteiger charge is -2.11. The molecule has 0 bridgehead atoms. The van der Waals surface area contributed by atoms with Crippen LogP contribution in [0.5, 0.6) is 0 Å². The van der Waals surface area contributed by atoms with Crippen LogP contribution in [0.2, 0.25) is 0 Å². The molecule has 4 nitrogen and oxygen atoms in total. The van der Waals surface area contributed by atoms with Gasteiger partial charge in [0.05, 0.1) is 23.0 Å². The molecule has 0 saturated heterocycles. The number of anilines is 1. The van der Waals surface area contributed by atoms with E-state index in [4.69, 9.17) is 4.84 Å². The van der Waals surface area contributed by atoms with E-state index in [9.17, 15) is 4.79 Å². The molecule has 2 N–H and O–H groups in total. The highest BCUT2D eigenvalue weighted by atomic mass is 32.2. The SMILES string of the molecule is O=C1CSC(Nc2ccc3ccccc3c2)=C1CONCC1CC1. The van der Waals surface area contributed by atoms with Crippen LogP contribution in [0, 0.1) is 5.92 Å². The molecule has 0 radical (unpaired) electrons. The summed E-state index contributed by atoms with van der Waals surface area (Å²) in [7, 11) is 0. The Balaban J connectivity index is 1.45. The van der Waals surface area contributed by atoms with E-state index in [0.29, 0.717) is 12.4 Å². The topological polar surface area (TPSA) is 50.4 Å². The van der Waals surface area contributed by atoms with Crippen molar-refractivity contribution in [3.05, 3.63) is 53.1 Å². The molecule has 0 amide bonds. The van der Waals surface area contributed by atoms with Crippen LogP contribution in [0.25, 0.3) is 10.8 Å². The van der Waals surface area contributed by atoms with Gasteiger partial charge < -0.3 is 5.32 Å². The number of carbonyl (C=O) groups excluding carboxylic acids is 1. The molecule has 2 aromatic rings. The summed E-state index contributed by atoms with van der Waals surface area (Å²) in [4.78, 5) is 17.6. The van der Waals surface area contributed by atoms with E-state index in [-0.39, 0.29) is 5.78 Å². The van der Waals surface area contributed by atoms with E-state index in [2.05, 4.69) is 35.1 Å². The number of fused-ring (bicyclic) bond motifs is 1. The van der Waals surface area contributed by atoms with Crippen LogP contribution in [-0.4, -0.2) is 24.7 Å². The molecule has 0 unspecified atom stereocenters. The van der Waals surface area contributed by atoms with Gasteiger partial charge in [-0.2, -0.15) is 0 Å². The Morgan fingerprint density at radius 1 is 1.12 bits per heavy atom. The number of rotatable bonds is 7. The highest BCUT2D eigenvalue weighted by molar-refractivity contribution is 8.04. The second-order valence-electron chi connectivity index (χ2n) is 6.29. The number of hydrogen-bond acceptors (Lipinski definition) is 5. The molecule has 5 heteroatoms. The zero-order valence-corrected chi connectivity index (χ0v) is 14.2. The third-order valence-electron chi connectivity index (χ3n) is 4.35. The number of Topliss-reactive ketones (excluding diaryl/α,β-unsaturated/α-hetero) is 1. The Labute approximate surface area is 145 Å². The standard InChI is InChI=1S/C19H20N2O2S/c22-18-12-24-19(17(18)11-23-20-10-13-5-6-13)21-16-8-7-14-3-1-2-4-15(14)9-16/h1-4,7-9,13,20-21H,5-6,10-12H2. The minimum atomic E-state index is 0.150. The van der Waals surface area contributed by atoms with Crippen LogP contribution in [0.4, 0.5) is 5.69 Å². The van der Waals surface area contributed by atoms with Gasteiger partial charge in [0.1, 0.15) is 0 Å². The third-order valence-corrected chi connectivity index (χ3v) is 5.40. The zero-order valence-electron chi connectivity index (χ0n) is 13.4. The first-order chi connectivity index (χ1) is 11.8. The van der Waals surface area contributed by atoms with Gasteiger partial charge in [0.15, 0.2) is 5.78 Å². The number of nitrogens with one attached hydrogen (secondary N) is 2. The summed E-state index contributed by atoms with van der Waals surface area (Å²) in [6.07, 6.45) is 2.56. The molecule has 0 spiro atoms. The maximum absolute atomic E-state index is 12.1. The van der Waals surface area contributed by atoms with Crippen molar-refractivity contribution in [3.8, 4) is 0 Å². The maximum Gasteiger partial charge on any atom is 0.174 e. The molecule has 1 heterocycles. The fourth-order valence-corrected chi connectivity index (χ4v) is 3.70. The molecule has 1 fully saturated rings. The van der Waals surface area contributed by atoms with E-state index >= 15 is 0 Å². The van der Waals surface area contributed by atoms with Gasteiger partial charge in [-0.1, -0.05) is 42.1 Å². The molecule has 2 aliphatic rings. The van der Waals surface area contributed by atoms with Gasteiger partial charge in [-0.05, 0) is 41.7 Å². The molecule has 24 heavy (non-hydrogen) atoms. The Hall–Kier alpha value is -1.82. The smallest absolute Gasteiger partial charge is 0.174 e. The van der Waals surface area contributed by atoms with E-state index in [0.717, 1.165) is 28.8 Å². The fourth-order valence-electron chi connectivity index (χ4n) is 2.72. The van der Waals surface area contributed by atoms with Gasteiger partial charge in [-0.3, -0.25) is 9.63 Å². The average Bonchev–Trinajstić information content (AvgIpc) is 3.37. The lowest BCUT2D eigenvalue weighted by Crippen LogP contribution is -2.21. The fraction of sp³-hybridized carbons (Fsp3) is 0.316. The summed E-state index contributed by atoms with van der Waals surface area (Å²) in [5.41, 5.74) is 4.71. The predicted octanol–water partition coefficient (Wildman–Crippen LogP) is 3.71. The van der Waals surface area contributed by atoms with E-state index in [1.807, 2.05) is 18.2 Å². The van der Waals surface area contributed by atoms with Crippen molar-refractivity contribution < 1.29 is 9.63 Å². The van der Waals surface area contributed by atoms with Crippen LogP contribution in [0.3, 0.4) is 0 Å². The van der Waals surface area contributed by atoms with Gasteiger partial charge in [0, 0.05) is 12.2 Å². The number of hydrogen-bond donors (Lipinski definition) is 2. The third kappa shape index (κ3) is 3.64. The van der Waals surface area contributed by atoms with Crippen molar-refractivity contribution in [2.45, 2.75) is 12.8 Å². The van der Waals surface area contributed by atoms with E-state index in [1.54, 1.807) is 11.8 Å². The second kappa shape index (κ2) is 6.97. The molecule has 1 saturated carbocycles. The average molecular weight is 340 g/mol. The molecule has 1 aliphatic carbocycles. The van der Waals surface area contributed by atoms with Gasteiger partial charge in [0.2, 0.25) is 0 Å². The normalized spacial score (nSPS) is 17.8. The Bertz CT molecular complexity index is 799. The first-order valence-corrected chi connectivity index (χ1v) is 9.28. The quantitative estimate of drug-likeness (QED) is 0.594. The van der Waals surface area contributed by atoms with Crippen molar-refractivity contribution in [2.75, 3.05) is 24.2 Å². The first kappa shape index (κ1) is 15.7. The van der Waals surface area contributed by atoms with Crippen molar-refractivity contribution in [3.63, 3.8) is 0 Å². The summed E-state index contributed by atoms with van der Waals surface area (Å²) in [6, 6.07) is 14.5. The number of benzene rings is 2. The van der Waals surface area contributed by atoms with Crippen LogP contribution in [0.1, 0.15) is 12.8 Å². The largest absolute Gasteiger partial charge is 0.350 e. The van der Waals surface area contributed by atoms with E-state index in [1.165, 1.54) is 23.6 Å². The lowest BCUT2D eigenvalue weighted by atomic mass is 10.1. The minimum Gasteiger partial charge on any atom is -0.350 e. The molecule has 124 valence electrons. The van der Waals surface area contributed by atoms with Crippen molar-refractivity contribution in [1.82, 2.24) is 5.48 Å². The van der Waals surface area contributed by atoms with Crippen LogP contribution >= 0.6 is 11.8 Å². The molecule has 0 atom stereocenters. The Morgan fingerprint density at radius 3 is 2.79 bits per heavy atom. The highest BCUT2D eigenvalue weighted by Crippen LogP contribution is 2.31. The molecule has 4 rings (SSSR count). The van der Waals surface area contributed by atoms with Gasteiger partial charge in [-0.25, -0.2) is 5.48 Å². The highest BCUT2D eigenvalue weighted by Gasteiger charge is 2.25. The second-order valence-corrected chi connectivity index (χ2v) is 7.27. The summed E-state index contributed by atoms with van der Waals surface area (Å²) in [6.45, 7) is 1.19. The first-order valence-electron chi connectivity index (χ1n) is 8.29. The van der Waals surface area contributed by atoms with Crippen LogP contribution in [0.15, 0.2) is 53.1 Å². The number of carbonyl (C=O) groups is 1. The van der Waals surface area contributed by atoms with Gasteiger partial charge in [0.25, 0.3) is 0 Å². The maximum atomic E-state index is 12.1. The monoisotopic (exact) mass is 340 g/mol. The molecule has 1 aliphatic heterocycles. The summed E-state index contributed by atoms with van der Waals surface area (Å²) >= 11 is 1.55. The molecule has 0 aromatic heterocycles. The van der Waals surface area contributed by atoms with Gasteiger partial charge >= 0.3 is 0 Å². The lowest BCUT2D eigenvalue weighted by molar-refractivity contribution is -0.114. The summed E-state index contributed by atoms with van der Waals surface area (Å²) in [5.74, 6) is 1.39. The number of ketones is 1. The summed E-state index contributed by atoms with van der Waals surface area (Å²) in [5, 5.41) is 6.69. The van der Waals surface area contributed by atoms with Crippen molar-refractivity contribution in [1.29, 1.82) is 0 Å². The van der Waals surface area contributed by atoms with Crippen LogP contribution < -0.4 is 10.8 Å². The van der Waals surface area contributed by atoms with E-state index < -0.39 is 0 Å². The Kier molecular flexibility index (Phi) is 4.56. The summed E-state index contributed by atoms with van der Waals surface area (Å²) < 4.78 is 0. The van der Waals surface area contributed by atoms with Crippen molar-refractivity contribution in [2.24, 2.45) is 5.92 Å². The molecular weight excluding hydrogens is 320 g/mol. The molecular formula is C19H20N2O2S. The Morgan fingerprint density at radius 2 is 1.96 bits per heavy atom. The van der Waals surface area contributed by atoms with Gasteiger partial charge in [-0.15, -0.1) is 0 Å². The number of hydroxylamine groups is 1.